The Labute approximate surface area is 186 Å². The molecule has 0 fully saturated rings. The number of benzene rings is 1. The van der Waals surface area contributed by atoms with Gasteiger partial charge in [-0.25, -0.2) is 0 Å². The Kier molecular flexibility index (Phi) is 8.50. The Morgan fingerprint density at radius 1 is 1.29 bits per heavy atom. The minimum Gasteiger partial charge on any atom is -0.504 e. The molecule has 2 heterocycles. The highest BCUT2D eigenvalue weighted by Crippen LogP contribution is 2.31. The molecule has 0 bridgehead atoms. The fraction of sp³-hybridized carbons (Fsp3) is 0.500. The number of aliphatic hydroxyl groups is 3. The number of nitrogens with zero attached hydrogens (tertiary/aromatic N) is 1. The molecule has 0 spiro atoms. The molecule has 0 aromatic heterocycles. The van der Waals surface area contributed by atoms with Crippen LogP contribution in [0.3, 0.4) is 0 Å². The summed E-state index contributed by atoms with van der Waals surface area (Å²) < 4.78 is 10.7. The van der Waals surface area contributed by atoms with Gasteiger partial charge in [-0.2, -0.15) is 0 Å². The molecular formula is C26H36NO4+. The van der Waals surface area contributed by atoms with Gasteiger partial charge in [-0.3, -0.25) is 0 Å². The van der Waals surface area contributed by atoms with Gasteiger partial charge in [0.15, 0.2) is 17.2 Å². The van der Waals surface area contributed by atoms with Crippen LogP contribution in [0.4, 0.5) is 0 Å². The van der Waals surface area contributed by atoms with E-state index >= 15 is 0 Å². The topological polar surface area (TPSA) is 74.9 Å². The van der Waals surface area contributed by atoms with Gasteiger partial charge in [0.1, 0.15) is 30.9 Å². The number of aryl methyl sites for hydroxylation is 1. The summed E-state index contributed by atoms with van der Waals surface area (Å²) in [7, 11) is 0. The molecule has 2 aliphatic heterocycles. The standard InChI is InChI=1S/C26H35NO4/c1-4-5-6-25-21(17-28)15-23(31-25)9-7-19-8-10-24(29)26(13-19)30-12-11-22-14-20(16-27-22)18(2)3/h8,10,13-16,18,25,28,31H,4-7,9,11-12,17H2,1-3H3/p+1. The molecule has 0 radical (unpaired) electrons. The monoisotopic (exact) mass is 426 g/mol. The molecule has 0 amide bonds. The molecule has 3 rings (SSSR count). The van der Waals surface area contributed by atoms with Crippen LogP contribution in [0.1, 0.15) is 58.4 Å². The number of hydrogen-bond donors (Lipinski definition) is 2. The fourth-order valence-electron chi connectivity index (χ4n) is 3.81. The van der Waals surface area contributed by atoms with Gasteiger partial charge in [0.25, 0.3) is 0 Å². The van der Waals surface area contributed by atoms with E-state index in [4.69, 9.17) is 9.47 Å². The minimum absolute atomic E-state index is 0.0788. The molecule has 168 valence electrons. The minimum atomic E-state index is 0.0788. The van der Waals surface area contributed by atoms with Crippen molar-refractivity contribution in [1.29, 1.82) is 0 Å². The van der Waals surface area contributed by atoms with E-state index in [1.807, 2.05) is 18.3 Å². The van der Waals surface area contributed by atoms with E-state index in [9.17, 15) is 10.2 Å². The van der Waals surface area contributed by atoms with Crippen molar-refractivity contribution in [2.24, 2.45) is 10.9 Å². The lowest BCUT2D eigenvalue weighted by Crippen LogP contribution is -2.17. The lowest BCUT2D eigenvalue weighted by atomic mass is 9.97. The number of ether oxygens (including phenoxy) is 2. The summed E-state index contributed by atoms with van der Waals surface area (Å²) in [5.74, 6) is 2.37. The molecule has 0 aliphatic carbocycles. The van der Waals surface area contributed by atoms with Crippen LogP contribution in [-0.2, 0) is 6.42 Å². The van der Waals surface area contributed by atoms with Crippen molar-refractivity contribution >= 4 is 6.21 Å². The van der Waals surface area contributed by atoms with Gasteiger partial charge in [-0.15, -0.1) is 16.6 Å². The molecule has 3 N–H and O–H groups in total. The zero-order valence-electron chi connectivity index (χ0n) is 19.0. The van der Waals surface area contributed by atoms with Crippen molar-refractivity contribution in [2.45, 2.75) is 65.4 Å². The highest BCUT2D eigenvalue weighted by atomic mass is 16.5. The smallest absolute Gasteiger partial charge is 0.178 e. The van der Waals surface area contributed by atoms with Crippen LogP contribution < -0.4 is 4.74 Å². The molecule has 1 aromatic rings. The van der Waals surface area contributed by atoms with Crippen LogP contribution in [0.5, 0.6) is 11.5 Å². The number of phenols is 1. The van der Waals surface area contributed by atoms with Gasteiger partial charge in [0.2, 0.25) is 0 Å². The van der Waals surface area contributed by atoms with Crippen LogP contribution in [0.15, 0.2) is 46.6 Å². The Hall–Kier alpha value is -2.37. The predicted molar refractivity (Wildman–Crippen MR) is 125 cm³/mol. The summed E-state index contributed by atoms with van der Waals surface area (Å²) in [6.07, 6.45) is 12.9. The average molecular weight is 427 g/mol. The third-order valence-corrected chi connectivity index (χ3v) is 5.80. The third-order valence-electron chi connectivity index (χ3n) is 5.80. The lowest BCUT2D eigenvalue weighted by Gasteiger charge is -2.19. The molecule has 5 nitrogen and oxygen atoms in total. The largest absolute Gasteiger partial charge is 0.504 e. The van der Waals surface area contributed by atoms with Crippen LogP contribution >= 0.6 is 0 Å². The van der Waals surface area contributed by atoms with E-state index in [2.05, 4.69) is 37.9 Å². The van der Waals surface area contributed by atoms with Crippen LogP contribution in [0, 0.1) is 17.9 Å². The fourth-order valence-corrected chi connectivity index (χ4v) is 3.81. The van der Waals surface area contributed by atoms with Crippen molar-refractivity contribution in [3.8, 4) is 11.5 Å². The molecule has 5 heteroatoms. The van der Waals surface area contributed by atoms with Crippen molar-refractivity contribution < 1.29 is 19.7 Å². The zero-order valence-corrected chi connectivity index (χ0v) is 19.0. The van der Waals surface area contributed by atoms with Gasteiger partial charge in [-0.05, 0) is 50.8 Å². The third kappa shape index (κ3) is 6.55. The summed E-state index contributed by atoms with van der Waals surface area (Å²) in [4.78, 5) is 4.44. The average Bonchev–Trinajstić information content (AvgIpc) is 3.39. The Morgan fingerprint density at radius 3 is 2.84 bits per heavy atom. The number of aliphatic hydroxyl groups excluding tert-OH is 1. The van der Waals surface area contributed by atoms with Gasteiger partial charge < -0.3 is 19.7 Å². The van der Waals surface area contributed by atoms with E-state index in [1.165, 1.54) is 5.92 Å². The first kappa shape index (κ1) is 23.3. The summed E-state index contributed by atoms with van der Waals surface area (Å²) in [6, 6.07) is 5.53. The van der Waals surface area contributed by atoms with E-state index < -0.39 is 0 Å². The second-order valence-corrected chi connectivity index (χ2v) is 8.60. The molecule has 1 atom stereocenters. The highest BCUT2D eigenvalue weighted by molar-refractivity contribution is 5.82. The maximum Gasteiger partial charge on any atom is 0.178 e. The van der Waals surface area contributed by atoms with Crippen molar-refractivity contribution in [1.82, 2.24) is 0 Å². The Balaban J connectivity index is 1.49. The first-order valence-electron chi connectivity index (χ1n) is 11.4. The van der Waals surface area contributed by atoms with Crippen LogP contribution in [0.2, 0.25) is 0 Å². The van der Waals surface area contributed by atoms with E-state index in [1.54, 1.807) is 6.07 Å². The van der Waals surface area contributed by atoms with Gasteiger partial charge in [0, 0.05) is 18.9 Å². The van der Waals surface area contributed by atoms with Crippen LogP contribution in [0.25, 0.3) is 0 Å². The van der Waals surface area contributed by atoms with E-state index in [0.717, 1.165) is 55.0 Å². The molecule has 0 saturated carbocycles. The van der Waals surface area contributed by atoms with Crippen molar-refractivity contribution in [2.75, 3.05) is 13.2 Å². The highest BCUT2D eigenvalue weighted by Gasteiger charge is 2.25. The normalized spacial score (nSPS) is 18.2. The SMILES string of the molecule is CCCCC1[OH+][C-](CCc2ccc(O)c(OCCC3=C[C+](C(C)C)C=N3)c2)C=C1CO. The number of hydrogen-bond acceptors (Lipinski definition) is 4. The number of aliphatic imine (C=N–C) groups is 1. The van der Waals surface area contributed by atoms with E-state index in [0.29, 0.717) is 24.7 Å². The number of unbranched alkanes of at least 4 members (excludes halogenated alkanes) is 1. The van der Waals surface area contributed by atoms with Crippen molar-refractivity contribution in [3.05, 3.63) is 59.2 Å². The van der Waals surface area contributed by atoms with Gasteiger partial charge >= 0.3 is 0 Å². The Morgan fingerprint density at radius 2 is 2.13 bits per heavy atom. The summed E-state index contributed by atoms with van der Waals surface area (Å²) >= 11 is 0. The summed E-state index contributed by atoms with van der Waals surface area (Å²) in [6.45, 7) is 7.04. The molecule has 2 aliphatic rings. The summed E-state index contributed by atoms with van der Waals surface area (Å²) in [5.41, 5.74) is 3.14. The molecular weight excluding hydrogens is 390 g/mol. The molecule has 1 aromatic carbocycles. The molecule has 0 saturated heterocycles. The number of allylic oxidation sites excluding steroid dienone is 1. The number of phenolic OH excluding ortho intramolecular Hbond substituents is 1. The predicted octanol–water partition coefficient (Wildman–Crippen LogP) is 4.84. The second-order valence-electron chi connectivity index (χ2n) is 8.60. The van der Waals surface area contributed by atoms with Crippen molar-refractivity contribution in [3.63, 3.8) is 0 Å². The lowest BCUT2D eigenvalue weighted by molar-refractivity contribution is -0.0550. The number of aromatic hydroxyl groups is 1. The first-order valence-corrected chi connectivity index (χ1v) is 11.4. The quantitative estimate of drug-likeness (QED) is 0.371. The first-order chi connectivity index (χ1) is 15.0. The van der Waals surface area contributed by atoms with Gasteiger partial charge in [0.05, 0.1) is 12.5 Å². The van der Waals surface area contributed by atoms with E-state index in [-0.39, 0.29) is 18.5 Å². The van der Waals surface area contributed by atoms with Gasteiger partial charge in [-0.1, -0.05) is 19.4 Å². The Bertz CT molecular complexity index is 812. The van der Waals surface area contributed by atoms with Crippen LogP contribution in [-0.4, -0.2) is 40.5 Å². The maximum atomic E-state index is 10.2. The summed E-state index contributed by atoms with van der Waals surface area (Å²) in [5, 5.41) is 19.8. The molecule has 31 heavy (non-hydrogen) atoms. The number of rotatable bonds is 12. The second kappa shape index (κ2) is 11.3. The molecule has 1 unspecified atom stereocenters. The zero-order chi connectivity index (χ0) is 22.2. The maximum absolute atomic E-state index is 10.2.